The van der Waals surface area contributed by atoms with Crippen molar-refractivity contribution in [2.75, 3.05) is 19.5 Å². The van der Waals surface area contributed by atoms with Crippen LogP contribution in [0.1, 0.15) is 12.0 Å². The van der Waals surface area contributed by atoms with E-state index in [1.807, 2.05) is 31.2 Å². The Morgan fingerprint density at radius 2 is 1.93 bits per heavy atom. The summed E-state index contributed by atoms with van der Waals surface area (Å²) in [4.78, 5) is 32.7. The lowest BCUT2D eigenvalue weighted by atomic mass is 10.2. The second-order valence-electron chi connectivity index (χ2n) is 7.01. The number of benzene rings is 2. The number of nitrogens with zero attached hydrogens (tertiary/aromatic N) is 2. The Bertz CT molecular complexity index is 1310. The van der Waals surface area contributed by atoms with Gasteiger partial charge in [0.05, 0.1) is 26.1 Å². The predicted molar refractivity (Wildman–Crippen MR) is 115 cm³/mol. The molecule has 8 heteroatoms. The van der Waals surface area contributed by atoms with Crippen molar-refractivity contribution in [2.24, 2.45) is 0 Å². The average Bonchev–Trinajstić information content (AvgIpc) is 3.10. The van der Waals surface area contributed by atoms with E-state index in [9.17, 15) is 9.59 Å². The first-order chi connectivity index (χ1) is 14.5. The van der Waals surface area contributed by atoms with Gasteiger partial charge in [0.15, 0.2) is 11.5 Å². The van der Waals surface area contributed by atoms with Gasteiger partial charge in [-0.2, -0.15) is 0 Å². The van der Waals surface area contributed by atoms with Crippen LogP contribution in [0.25, 0.3) is 21.9 Å². The monoisotopic (exact) mass is 406 g/mol. The highest BCUT2D eigenvalue weighted by Gasteiger charge is 2.15. The number of hydrogen-bond donors (Lipinski definition) is 2. The van der Waals surface area contributed by atoms with Gasteiger partial charge < -0.3 is 19.8 Å². The van der Waals surface area contributed by atoms with Crippen molar-refractivity contribution in [1.29, 1.82) is 0 Å². The summed E-state index contributed by atoms with van der Waals surface area (Å²) in [6.45, 7) is 2.18. The molecule has 2 aromatic heterocycles. The molecule has 2 N–H and O–H groups in total. The van der Waals surface area contributed by atoms with Gasteiger partial charge in [0, 0.05) is 30.1 Å². The predicted octanol–water partition coefficient (Wildman–Crippen LogP) is 3.23. The first-order valence-corrected chi connectivity index (χ1v) is 9.49. The molecule has 0 saturated heterocycles. The van der Waals surface area contributed by atoms with Crippen LogP contribution in [0, 0.1) is 6.92 Å². The fourth-order valence-electron chi connectivity index (χ4n) is 3.45. The third kappa shape index (κ3) is 3.59. The van der Waals surface area contributed by atoms with Crippen LogP contribution in [0.3, 0.4) is 0 Å². The van der Waals surface area contributed by atoms with Crippen molar-refractivity contribution in [1.82, 2.24) is 14.5 Å². The van der Waals surface area contributed by atoms with Crippen molar-refractivity contribution in [3.63, 3.8) is 0 Å². The number of anilines is 1. The normalized spacial score (nSPS) is 11.0. The number of aromatic nitrogens is 3. The Hall–Kier alpha value is -3.81. The number of amides is 1. The summed E-state index contributed by atoms with van der Waals surface area (Å²) < 4.78 is 12.1. The zero-order valence-electron chi connectivity index (χ0n) is 17.0. The van der Waals surface area contributed by atoms with Crippen molar-refractivity contribution in [3.05, 3.63) is 58.6 Å². The SMILES string of the molecule is COc1cc2[nH]c3c(=O)n(CCC(=O)Nc4cccc(C)c4)cnc3c2cc1OC. The smallest absolute Gasteiger partial charge is 0.277 e. The van der Waals surface area contributed by atoms with Crippen LogP contribution in [-0.4, -0.2) is 34.7 Å². The number of hydrogen-bond acceptors (Lipinski definition) is 5. The zero-order valence-corrected chi connectivity index (χ0v) is 17.0. The zero-order chi connectivity index (χ0) is 21.3. The Kier molecular flexibility index (Phi) is 5.14. The minimum absolute atomic E-state index is 0.156. The molecular weight excluding hydrogens is 384 g/mol. The van der Waals surface area contributed by atoms with Crippen molar-refractivity contribution >= 4 is 33.5 Å². The molecule has 0 bridgehead atoms. The number of fused-ring (bicyclic) bond motifs is 3. The Labute approximate surface area is 172 Å². The van der Waals surface area contributed by atoms with Crippen LogP contribution < -0.4 is 20.3 Å². The molecule has 0 fully saturated rings. The molecule has 4 aromatic rings. The highest BCUT2D eigenvalue weighted by molar-refractivity contribution is 6.05. The Morgan fingerprint density at radius 1 is 1.17 bits per heavy atom. The molecule has 0 spiro atoms. The second kappa shape index (κ2) is 7.90. The number of nitrogens with one attached hydrogen (secondary N) is 2. The highest BCUT2D eigenvalue weighted by Crippen LogP contribution is 2.34. The summed E-state index contributed by atoms with van der Waals surface area (Å²) in [5.41, 5.74) is 3.21. The van der Waals surface area contributed by atoms with Crippen LogP contribution in [0.15, 0.2) is 47.5 Å². The summed E-state index contributed by atoms with van der Waals surface area (Å²) in [6, 6.07) is 11.1. The number of aryl methyl sites for hydroxylation is 2. The molecule has 0 aliphatic carbocycles. The average molecular weight is 406 g/mol. The standard InChI is InChI=1S/C22H22N4O4/c1-13-5-4-6-14(9-13)24-19(27)7-8-26-12-23-20-15-10-17(29-2)18(30-3)11-16(15)25-21(20)22(26)28/h4-6,9-12,25H,7-8H2,1-3H3,(H,24,27). The van der Waals surface area contributed by atoms with Crippen molar-refractivity contribution in [3.8, 4) is 11.5 Å². The van der Waals surface area contributed by atoms with E-state index >= 15 is 0 Å². The summed E-state index contributed by atoms with van der Waals surface area (Å²) in [6.07, 6.45) is 1.62. The summed E-state index contributed by atoms with van der Waals surface area (Å²) >= 11 is 0. The third-order valence-electron chi connectivity index (χ3n) is 4.96. The van der Waals surface area contributed by atoms with Gasteiger partial charge in [-0.25, -0.2) is 4.98 Å². The summed E-state index contributed by atoms with van der Waals surface area (Å²) in [5.74, 6) is 0.952. The molecule has 0 radical (unpaired) electrons. The van der Waals surface area contributed by atoms with Crippen LogP contribution in [0.4, 0.5) is 5.69 Å². The molecule has 0 aliphatic heterocycles. The molecule has 154 valence electrons. The van der Waals surface area contributed by atoms with Crippen molar-refractivity contribution < 1.29 is 14.3 Å². The molecule has 2 aromatic carbocycles. The van der Waals surface area contributed by atoms with E-state index in [2.05, 4.69) is 15.3 Å². The van der Waals surface area contributed by atoms with Gasteiger partial charge in [-0.05, 0) is 30.7 Å². The van der Waals surface area contributed by atoms with E-state index in [0.29, 0.717) is 22.5 Å². The number of aromatic amines is 1. The highest BCUT2D eigenvalue weighted by atomic mass is 16.5. The molecule has 30 heavy (non-hydrogen) atoms. The molecule has 4 rings (SSSR count). The lowest BCUT2D eigenvalue weighted by Gasteiger charge is -2.08. The van der Waals surface area contributed by atoms with E-state index in [-0.39, 0.29) is 24.4 Å². The molecule has 0 aliphatic rings. The number of methoxy groups -OCH3 is 2. The minimum Gasteiger partial charge on any atom is -0.493 e. The van der Waals surface area contributed by atoms with Gasteiger partial charge in [-0.1, -0.05) is 12.1 Å². The molecule has 0 saturated carbocycles. The number of ether oxygens (including phenoxy) is 2. The van der Waals surface area contributed by atoms with Gasteiger partial charge in [-0.15, -0.1) is 0 Å². The summed E-state index contributed by atoms with van der Waals surface area (Å²) in [5, 5.41) is 3.61. The maximum Gasteiger partial charge on any atom is 0.277 e. The van der Waals surface area contributed by atoms with Crippen LogP contribution in [0.2, 0.25) is 0 Å². The second-order valence-corrected chi connectivity index (χ2v) is 7.01. The number of carbonyl (C=O) groups is 1. The number of H-pyrrole nitrogens is 1. The first kappa shape index (κ1) is 19.5. The molecule has 2 heterocycles. The van der Waals surface area contributed by atoms with E-state index in [1.54, 1.807) is 26.4 Å². The quantitative estimate of drug-likeness (QED) is 0.512. The molecule has 1 amide bonds. The third-order valence-corrected chi connectivity index (χ3v) is 4.96. The number of rotatable bonds is 6. The van der Waals surface area contributed by atoms with E-state index in [1.165, 1.54) is 10.9 Å². The Balaban J connectivity index is 1.59. The largest absolute Gasteiger partial charge is 0.493 e. The van der Waals surface area contributed by atoms with Crippen LogP contribution >= 0.6 is 0 Å². The first-order valence-electron chi connectivity index (χ1n) is 9.49. The van der Waals surface area contributed by atoms with Gasteiger partial charge in [0.25, 0.3) is 5.56 Å². The van der Waals surface area contributed by atoms with Crippen LogP contribution in [0.5, 0.6) is 11.5 Å². The molecular formula is C22H22N4O4. The van der Waals surface area contributed by atoms with Crippen molar-refractivity contribution in [2.45, 2.75) is 19.9 Å². The molecule has 0 atom stereocenters. The summed E-state index contributed by atoms with van der Waals surface area (Å²) in [7, 11) is 3.11. The lowest BCUT2D eigenvalue weighted by Crippen LogP contribution is -2.23. The molecule has 8 nitrogen and oxygen atoms in total. The minimum atomic E-state index is -0.238. The lowest BCUT2D eigenvalue weighted by molar-refractivity contribution is -0.116. The topological polar surface area (TPSA) is 98.2 Å². The fraction of sp³-hybridized carbons (Fsp3) is 0.227. The number of carbonyl (C=O) groups excluding carboxylic acids is 1. The van der Waals surface area contributed by atoms with Gasteiger partial charge >= 0.3 is 0 Å². The van der Waals surface area contributed by atoms with E-state index < -0.39 is 0 Å². The van der Waals surface area contributed by atoms with Crippen LogP contribution in [-0.2, 0) is 11.3 Å². The Morgan fingerprint density at radius 3 is 2.67 bits per heavy atom. The van der Waals surface area contributed by atoms with Gasteiger partial charge in [-0.3, -0.25) is 14.2 Å². The maximum atomic E-state index is 12.9. The van der Waals surface area contributed by atoms with Gasteiger partial charge in [0.2, 0.25) is 5.91 Å². The van der Waals surface area contributed by atoms with E-state index in [4.69, 9.17) is 9.47 Å². The van der Waals surface area contributed by atoms with Gasteiger partial charge in [0.1, 0.15) is 11.0 Å². The fourth-order valence-corrected chi connectivity index (χ4v) is 3.45. The maximum absolute atomic E-state index is 12.9. The van der Waals surface area contributed by atoms with E-state index in [0.717, 1.165) is 22.2 Å². The molecule has 0 unspecified atom stereocenters.